The summed E-state index contributed by atoms with van der Waals surface area (Å²) < 4.78 is 2.93. The number of aromatic amines is 1. The van der Waals surface area contributed by atoms with Crippen molar-refractivity contribution < 1.29 is 9.79 Å². The van der Waals surface area contributed by atoms with E-state index in [9.17, 15) is 9.90 Å². The number of benzene rings is 3. The molecule has 150 valence electrons. The molecule has 6 heteroatoms. The molecule has 4 aromatic rings. The van der Waals surface area contributed by atoms with E-state index < -0.39 is 11.5 Å². The number of nitrogens with one attached hydrogen (secondary N) is 1. The van der Waals surface area contributed by atoms with Gasteiger partial charge in [-0.2, -0.15) is 0 Å². The molecular weight excluding hydrogens is 376 g/mol. The Morgan fingerprint density at radius 1 is 0.933 bits per heavy atom. The molecule has 6 nitrogen and oxygen atoms in total. The molecular formula is C24H22N4O2. The molecule has 4 rings (SSSR count). The van der Waals surface area contributed by atoms with Gasteiger partial charge in [0, 0.05) is 5.90 Å². The van der Waals surface area contributed by atoms with Gasteiger partial charge in [0.25, 0.3) is 0 Å². The summed E-state index contributed by atoms with van der Waals surface area (Å²) in [4.78, 5) is 17.3. The minimum Gasteiger partial charge on any atom is -0.855 e. The molecule has 0 atom stereocenters. The van der Waals surface area contributed by atoms with Crippen LogP contribution in [0.25, 0.3) is 5.69 Å². The summed E-state index contributed by atoms with van der Waals surface area (Å²) in [5, 5.41) is 16.1. The summed E-state index contributed by atoms with van der Waals surface area (Å²) >= 11 is 0. The Bertz CT molecular complexity index is 1240. The minimum atomic E-state index is -0.582. The van der Waals surface area contributed by atoms with Crippen LogP contribution in [0.15, 0.2) is 88.6 Å². The van der Waals surface area contributed by atoms with E-state index in [1.165, 1.54) is 4.68 Å². The fourth-order valence-electron chi connectivity index (χ4n) is 3.18. The molecule has 0 radical (unpaired) electrons. The zero-order valence-corrected chi connectivity index (χ0v) is 16.9. The molecule has 1 aromatic heterocycles. The highest BCUT2D eigenvalue weighted by Gasteiger charge is 2.23. The first-order valence-electron chi connectivity index (χ1n) is 9.70. The average molecular weight is 398 g/mol. The molecule has 0 bridgehead atoms. The van der Waals surface area contributed by atoms with Crippen LogP contribution in [0, 0.1) is 13.8 Å². The van der Waals surface area contributed by atoms with Gasteiger partial charge in [0.1, 0.15) is 6.54 Å². The third-order valence-electron chi connectivity index (χ3n) is 4.84. The van der Waals surface area contributed by atoms with Gasteiger partial charge in [0.15, 0.2) is 5.69 Å². The number of H-pyrrole nitrogens is 1. The SMILES string of the molecule is Cc1ccc(N=C([O-])c2c(=O)n(-c3ccc(C)cc3)[nH][n+]2Cc2ccccc2)cc1. The monoisotopic (exact) mass is 398 g/mol. The van der Waals surface area contributed by atoms with Gasteiger partial charge < -0.3 is 5.11 Å². The third-order valence-corrected chi connectivity index (χ3v) is 4.84. The van der Waals surface area contributed by atoms with Crippen molar-refractivity contribution in [2.75, 3.05) is 0 Å². The van der Waals surface area contributed by atoms with Gasteiger partial charge in [0.2, 0.25) is 5.69 Å². The van der Waals surface area contributed by atoms with E-state index in [0.29, 0.717) is 17.9 Å². The predicted molar refractivity (Wildman–Crippen MR) is 114 cm³/mol. The number of aliphatic imine (C=N–C) groups is 1. The molecule has 0 unspecified atom stereocenters. The maximum atomic E-state index is 13.2. The molecule has 0 spiro atoms. The smallest absolute Gasteiger partial charge is 0.406 e. The van der Waals surface area contributed by atoms with Crippen LogP contribution in [-0.2, 0) is 6.54 Å². The maximum Gasteiger partial charge on any atom is 0.406 e. The summed E-state index contributed by atoms with van der Waals surface area (Å²) in [5.74, 6) is -0.582. The molecule has 0 aliphatic heterocycles. The number of aryl methyl sites for hydroxylation is 2. The highest BCUT2D eigenvalue weighted by atomic mass is 16.3. The van der Waals surface area contributed by atoms with Crippen LogP contribution >= 0.6 is 0 Å². The summed E-state index contributed by atoms with van der Waals surface area (Å²) in [6.07, 6.45) is 0. The number of aromatic nitrogens is 3. The Hall–Kier alpha value is -3.93. The number of hydrogen-bond acceptors (Lipinski definition) is 3. The highest BCUT2D eigenvalue weighted by molar-refractivity contribution is 5.88. The van der Waals surface area contributed by atoms with Crippen LogP contribution < -0.4 is 15.3 Å². The van der Waals surface area contributed by atoms with E-state index in [1.807, 2.05) is 80.6 Å². The van der Waals surface area contributed by atoms with E-state index in [2.05, 4.69) is 10.2 Å². The van der Waals surface area contributed by atoms with E-state index in [4.69, 9.17) is 0 Å². The van der Waals surface area contributed by atoms with Crippen LogP contribution in [0.4, 0.5) is 5.69 Å². The van der Waals surface area contributed by atoms with Crippen molar-refractivity contribution in [3.8, 4) is 5.69 Å². The standard InChI is InChI=1S/C24H22N4O2/c1-17-8-12-20(13-9-17)25-23(29)22-24(30)28(21-14-10-18(2)11-15-21)26-27(22)16-19-6-4-3-5-7-19/h3-15H,16H2,1-2H3,(H-,25,26,29,30). The molecule has 1 N–H and O–H groups in total. The second-order valence-electron chi connectivity index (χ2n) is 7.25. The lowest BCUT2D eigenvalue weighted by atomic mass is 10.2. The van der Waals surface area contributed by atoms with Crippen molar-refractivity contribution in [2.45, 2.75) is 20.4 Å². The van der Waals surface area contributed by atoms with Gasteiger partial charge in [0.05, 0.1) is 5.69 Å². The summed E-state index contributed by atoms with van der Waals surface area (Å²) in [6, 6.07) is 24.5. The van der Waals surface area contributed by atoms with E-state index in [0.717, 1.165) is 16.7 Å². The van der Waals surface area contributed by atoms with Crippen molar-refractivity contribution in [1.29, 1.82) is 0 Å². The van der Waals surface area contributed by atoms with Gasteiger partial charge >= 0.3 is 5.56 Å². The lowest BCUT2D eigenvalue weighted by Gasteiger charge is -2.07. The zero-order valence-electron chi connectivity index (χ0n) is 16.9. The van der Waals surface area contributed by atoms with Gasteiger partial charge in [-0.25, -0.2) is 4.79 Å². The van der Waals surface area contributed by atoms with E-state index in [-0.39, 0.29) is 5.69 Å². The lowest BCUT2D eigenvalue weighted by molar-refractivity contribution is -0.749. The van der Waals surface area contributed by atoms with Gasteiger partial charge in [-0.1, -0.05) is 75.6 Å². The Morgan fingerprint density at radius 3 is 2.17 bits per heavy atom. The van der Waals surface area contributed by atoms with Crippen LogP contribution in [0.3, 0.4) is 0 Å². The lowest BCUT2D eigenvalue weighted by Crippen LogP contribution is -2.46. The van der Waals surface area contributed by atoms with Crippen LogP contribution in [0.1, 0.15) is 22.4 Å². The number of rotatable bonds is 5. The molecule has 1 heterocycles. The van der Waals surface area contributed by atoms with Crippen LogP contribution in [-0.4, -0.2) is 15.8 Å². The fourth-order valence-corrected chi connectivity index (χ4v) is 3.18. The molecule has 0 saturated heterocycles. The second-order valence-corrected chi connectivity index (χ2v) is 7.25. The molecule has 0 fully saturated rings. The molecule has 0 amide bonds. The molecule has 3 aromatic carbocycles. The van der Waals surface area contributed by atoms with Crippen LogP contribution in [0.5, 0.6) is 0 Å². The summed E-state index contributed by atoms with van der Waals surface area (Å²) in [5.41, 5.74) is 3.84. The van der Waals surface area contributed by atoms with Gasteiger partial charge in [-0.05, 0) is 43.7 Å². The van der Waals surface area contributed by atoms with Crippen LogP contribution in [0.2, 0.25) is 0 Å². The number of hydrogen-bond donors (Lipinski definition) is 1. The van der Waals surface area contributed by atoms with E-state index >= 15 is 0 Å². The first kappa shape index (κ1) is 19.4. The van der Waals surface area contributed by atoms with Crippen molar-refractivity contribution in [1.82, 2.24) is 9.90 Å². The highest BCUT2D eigenvalue weighted by Crippen LogP contribution is 2.13. The largest absolute Gasteiger partial charge is 0.855 e. The summed E-state index contributed by atoms with van der Waals surface area (Å²) in [6.45, 7) is 4.29. The van der Waals surface area contributed by atoms with Crippen molar-refractivity contribution in [2.24, 2.45) is 4.99 Å². The molecule has 0 aliphatic carbocycles. The molecule has 30 heavy (non-hydrogen) atoms. The maximum absolute atomic E-state index is 13.2. The quantitative estimate of drug-likeness (QED) is 0.319. The molecule has 0 aliphatic rings. The van der Waals surface area contributed by atoms with Crippen molar-refractivity contribution in [3.63, 3.8) is 0 Å². The Kier molecular flexibility index (Phi) is 5.30. The Balaban J connectivity index is 1.83. The second kappa shape index (κ2) is 8.21. The Labute approximate surface area is 174 Å². The summed E-state index contributed by atoms with van der Waals surface area (Å²) in [7, 11) is 0. The van der Waals surface area contributed by atoms with E-state index in [1.54, 1.807) is 16.8 Å². The van der Waals surface area contributed by atoms with Gasteiger partial charge in [-0.3, -0.25) is 4.99 Å². The fraction of sp³-hybridized carbons (Fsp3) is 0.125. The minimum absolute atomic E-state index is 0.0139. The number of nitrogens with zero attached hydrogens (tertiary/aromatic N) is 3. The van der Waals surface area contributed by atoms with Gasteiger partial charge in [-0.15, -0.1) is 4.68 Å². The van der Waals surface area contributed by atoms with Crippen molar-refractivity contribution >= 4 is 11.6 Å². The first-order chi connectivity index (χ1) is 14.5. The molecule has 0 saturated carbocycles. The normalized spacial score (nSPS) is 11.6. The Morgan fingerprint density at radius 2 is 1.53 bits per heavy atom. The average Bonchev–Trinajstić information content (AvgIpc) is 3.07. The zero-order chi connectivity index (χ0) is 21.1. The van der Waals surface area contributed by atoms with Crippen molar-refractivity contribution in [3.05, 3.63) is 112 Å². The predicted octanol–water partition coefficient (Wildman–Crippen LogP) is 2.56. The topological polar surface area (TPSA) is 77.1 Å². The first-order valence-corrected chi connectivity index (χ1v) is 9.70. The third kappa shape index (κ3) is 4.07.